The predicted octanol–water partition coefficient (Wildman–Crippen LogP) is 2.89. The van der Waals surface area contributed by atoms with Gasteiger partial charge in [-0.2, -0.15) is 0 Å². The lowest BCUT2D eigenvalue weighted by Gasteiger charge is -2.32. The summed E-state index contributed by atoms with van der Waals surface area (Å²) in [6.45, 7) is 4.38. The van der Waals surface area contributed by atoms with Crippen LogP contribution in [0.25, 0.3) is 0 Å². The van der Waals surface area contributed by atoms with Gasteiger partial charge in [-0.1, -0.05) is 25.1 Å². The van der Waals surface area contributed by atoms with E-state index in [4.69, 9.17) is 9.47 Å². The maximum atomic E-state index is 11.9. The average molecular weight is 423 g/mol. The van der Waals surface area contributed by atoms with Crippen molar-refractivity contribution in [1.82, 2.24) is 9.62 Å². The van der Waals surface area contributed by atoms with Crippen LogP contribution in [0.1, 0.15) is 56.9 Å². The van der Waals surface area contributed by atoms with Gasteiger partial charge in [0.2, 0.25) is 10.0 Å². The normalized spacial score (nSPS) is 33.7. The maximum absolute atomic E-state index is 11.9. The molecule has 2 fully saturated rings. The van der Waals surface area contributed by atoms with E-state index in [1.165, 1.54) is 11.8 Å². The third-order valence-corrected chi connectivity index (χ3v) is 7.48. The summed E-state index contributed by atoms with van der Waals surface area (Å²) < 4.78 is 39.5. The fraction of sp³-hybridized carbons (Fsp3) is 0.727. The summed E-state index contributed by atoms with van der Waals surface area (Å²) in [5.74, 6) is 1.55. The highest BCUT2D eigenvalue weighted by Crippen LogP contribution is 2.39. The van der Waals surface area contributed by atoms with E-state index in [2.05, 4.69) is 40.8 Å². The van der Waals surface area contributed by atoms with E-state index in [1.807, 2.05) is 0 Å². The van der Waals surface area contributed by atoms with Crippen LogP contribution in [0.5, 0.6) is 5.75 Å². The summed E-state index contributed by atoms with van der Waals surface area (Å²) in [4.78, 5) is 2.37. The van der Waals surface area contributed by atoms with Gasteiger partial charge < -0.3 is 9.47 Å². The number of rotatable bonds is 3. The van der Waals surface area contributed by atoms with Crippen molar-refractivity contribution in [2.75, 3.05) is 26.0 Å². The zero-order chi connectivity index (χ0) is 20.4. The standard InChI is InChI=1S/C22H34N2O4S/c1-3-17-14-24-13-12-20(23-29(2,25)26)21(24)15-27-18-10-8-16(9-11-18)19-6-4-5-7-22(19)28-17/h4-7,16-18,20-21,23H,3,8-15H2,1-2H3/t16?,17-,18?,20-,21-/m0/s1. The highest BCUT2D eigenvalue weighted by molar-refractivity contribution is 7.88. The minimum absolute atomic E-state index is 0.0519. The second-order valence-electron chi connectivity index (χ2n) is 8.84. The summed E-state index contributed by atoms with van der Waals surface area (Å²) in [5, 5.41) is 0. The number of fused-ring (bicyclic) bond motifs is 5. The highest BCUT2D eigenvalue weighted by atomic mass is 32.2. The van der Waals surface area contributed by atoms with Gasteiger partial charge in [0.15, 0.2) is 0 Å². The molecule has 7 heteroatoms. The van der Waals surface area contributed by atoms with Crippen molar-refractivity contribution in [3.8, 4) is 5.75 Å². The van der Waals surface area contributed by atoms with Crippen LogP contribution in [0.4, 0.5) is 0 Å². The number of nitrogens with zero attached hydrogens (tertiary/aromatic N) is 1. The molecule has 2 bridgehead atoms. The molecule has 1 saturated heterocycles. The van der Waals surface area contributed by atoms with Crippen LogP contribution >= 0.6 is 0 Å². The molecule has 1 saturated carbocycles. The summed E-state index contributed by atoms with van der Waals surface area (Å²) >= 11 is 0. The lowest BCUT2D eigenvalue weighted by atomic mass is 9.82. The Bertz CT molecular complexity index is 792. The van der Waals surface area contributed by atoms with Crippen molar-refractivity contribution < 1.29 is 17.9 Å². The third kappa shape index (κ3) is 5.13. The monoisotopic (exact) mass is 422 g/mol. The summed E-state index contributed by atoms with van der Waals surface area (Å²) in [6.07, 6.45) is 7.63. The fourth-order valence-electron chi connectivity index (χ4n) is 5.17. The number of hydrogen-bond donors (Lipinski definition) is 1. The van der Waals surface area contributed by atoms with Crippen LogP contribution in [0, 0.1) is 0 Å². The van der Waals surface area contributed by atoms with Crippen molar-refractivity contribution in [3.63, 3.8) is 0 Å². The maximum Gasteiger partial charge on any atom is 0.209 e. The first kappa shape index (κ1) is 21.1. The van der Waals surface area contributed by atoms with Crippen molar-refractivity contribution in [2.24, 2.45) is 0 Å². The van der Waals surface area contributed by atoms with E-state index in [1.54, 1.807) is 0 Å². The quantitative estimate of drug-likeness (QED) is 0.811. The molecule has 1 aromatic carbocycles. The first-order chi connectivity index (χ1) is 13.9. The van der Waals surface area contributed by atoms with E-state index in [-0.39, 0.29) is 24.3 Å². The topological polar surface area (TPSA) is 67.9 Å². The molecule has 0 radical (unpaired) electrons. The van der Waals surface area contributed by atoms with Gasteiger partial charge in [-0.05, 0) is 56.1 Å². The fourth-order valence-corrected chi connectivity index (χ4v) is 5.99. The molecule has 1 aliphatic carbocycles. The van der Waals surface area contributed by atoms with E-state index >= 15 is 0 Å². The van der Waals surface area contributed by atoms with Gasteiger partial charge in [-0.3, -0.25) is 4.90 Å². The van der Waals surface area contributed by atoms with Gasteiger partial charge >= 0.3 is 0 Å². The van der Waals surface area contributed by atoms with Crippen LogP contribution in [-0.4, -0.2) is 63.6 Å². The van der Waals surface area contributed by atoms with Gasteiger partial charge in [-0.15, -0.1) is 0 Å². The minimum Gasteiger partial charge on any atom is -0.489 e. The SMILES string of the molecule is CC[C@H]1CN2CC[C@H](NS(C)(=O)=O)[C@@H]2COC2CCC(CC2)c2ccccc2O1. The molecule has 5 rings (SSSR count). The number of sulfonamides is 1. The molecular weight excluding hydrogens is 388 g/mol. The Morgan fingerprint density at radius 2 is 1.90 bits per heavy atom. The summed E-state index contributed by atoms with van der Waals surface area (Å²) in [6, 6.07) is 8.45. The van der Waals surface area contributed by atoms with Crippen LogP contribution in [0.3, 0.4) is 0 Å². The first-order valence-corrected chi connectivity index (χ1v) is 12.9. The van der Waals surface area contributed by atoms with E-state index in [0.717, 1.165) is 57.4 Å². The Morgan fingerprint density at radius 1 is 1.14 bits per heavy atom. The van der Waals surface area contributed by atoms with E-state index in [9.17, 15) is 8.42 Å². The van der Waals surface area contributed by atoms with E-state index < -0.39 is 10.0 Å². The Labute approximate surface area is 175 Å². The van der Waals surface area contributed by atoms with E-state index in [0.29, 0.717) is 12.5 Å². The van der Waals surface area contributed by atoms with Gasteiger partial charge in [0.1, 0.15) is 11.9 Å². The zero-order valence-electron chi connectivity index (χ0n) is 17.5. The first-order valence-electron chi connectivity index (χ1n) is 11.0. The number of ether oxygens (including phenoxy) is 2. The number of hydrogen-bond acceptors (Lipinski definition) is 5. The lowest BCUT2D eigenvalue weighted by molar-refractivity contribution is -0.00971. The molecule has 0 unspecified atom stereocenters. The molecular formula is C22H34N2O4S. The van der Waals surface area contributed by atoms with Crippen molar-refractivity contribution in [3.05, 3.63) is 29.8 Å². The van der Waals surface area contributed by atoms with Gasteiger partial charge in [0, 0.05) is 25.2 Å². The minimum atomic E-state index is -3.25. The summed E-state index contributed by atoms with van der Waals surface area (Å²) in [7, 11) is -3.25. The van der Waals surface area contributed by atoms with Gasteiger partial charge in [0.05, 0.1) is 19.0 Å². The highest BCUT2D eigenvalue weighted by Gasteiger charge is 2.38. The Morgan fingerprint density at radius 3 is 2.62 bits per heavy atom. The molecule has 3 aliphatic heterocycles. The molecule has 1 N–H and O–H groups in total. The molecule has 6 nitrogen and oxygen atoms in total. The molecule has 162 valence electrons. The lowest BCUT2D eigenvalue weighted by Crippen LogP contribution is -2.49. The smallest absolute Gasteiger partial charge is 0.209 e. The molecule has 3 heterocycles. The number of nitrogens with one attached hydrogen (secondary N) is 1. The van der Waals surface area contributed by atoms with Crippen LogP contribution in [-0.2, 0) is 14.8 Å². The van der Waals surface area contributed by atoms with Crippen LogP contribution in [0.15, 0.2) is 24.3 Å². The molecule has 1 aromatic rings. The molecule has 3 atom stereocenters. The zero-order valence-corrected chi connectivity index (χ0v) is 18.4. The van der Waals surface area contributed by atoms with Gasteiger partial charge in [0.25, 0.3) is 0 Å². The van der Waals surface area contributed by atoms with Crippen molar-refractivity contribution >= 4 is 10.0 Å². The average Bonchev–Trinajstić information content (AvgIpc) is 3.06. The molecule has 0 spiro atoms. The largest absolute Gasteiger partial charge is 0.489 e. The molecule has 29 heavy (non-hydrogen) atoms. The second-order valence-corrected chi connectivity index (χ2v) is 10.6. The van der Waals surface area contributed by atoms with Crippen molar-refractivity contribution in [2.45, 2.75) is 75.7 Å². The molecule has 0 aromatic heterocycles. The van der Waals surface area contributed by atoms with Crippen molar-refractivity contribution in [1.29, 1.82) is 0 Å². The summed E-state index contributed by atoms with van der Waals surface area (Å²) in [5.41, 5.74) is 1.33. The third-order valence-electron chi connectivity index (χ3n) is 6.75. The Balaban J connectivity index is 1.60. The van der Waals surface area contributed by atoms with Crippen LogP contribution < -0.4 is 9.46 Å². The van der Waals surface area contributed by atoms with Crippen LogP contribution in [0.2, 0.25) is 0 Å². The second kappa shape index (κ2) is 8.92. The Kier molecular flexibility index (Phi) is 6.49. The van der Waals surface area contributed by atoms with Gasteiger partial charge in [-0.25, -0.2) is 13.1 Å². The predicted molar refractivity (Wildman–Crippen MR) is 114 cm³/mol. The number of para-hydroxylation sites is 1. The molecule has 0 amide bonds. The number of benzene rings is 1. The molecule has 4 aliphatic rings. The Hall–Kier alpha value is -1.15.